The summed E-state index contributed by atoms with van der Waals surface area (Å²) in [6.45, 7) is 2.96. The van der Waals surface area contributed by atoms with Crippen LogP contribution in [0.15, 0.2) is 53.4 Å². The maximum atomic E-state index is 12.8. The molecule has 8 heteroatoms. The topological polar surface area (TPSA) is 86.8 Å². The Labute approximate surface area is 184 Å². The monoisotopic (exact) mass is 443 g/mol. The van der Waals surface area contributed by atoms with Gasteiger partial charge in [0, 0.05) is 31.4 Å². The van der Waals surface area contributed by atoms with Crippen LogP contribution in [0.1, 0.15) is 42.1 Å². The van der Waals surface area contributed by atoms with Crippen molar-refractivity contribution in [1.82, 2.24) is 9.21 Å². The molecule has 2 amide bonds. The molecular weight excluding hydrogens is 414 g/mol. The number of hydrogen-bond acceptors (Lipinski definition) is 4. The predicted octanol–water partition coefficient (Wildman–Crippen LogP) is 3.13. The van der Waals surface area contributed by atoms with Crippen molar-refractivity contribution >= 4 is 27.5 Å². The molecule has 0 saturated carbocycles. The van der Waals surface area contributed by atoms with Crippen molar-refractivity contribution in [2.45, 2.75) is 37.5 Å². The van der Waals surface area contributed by atoms with Crippen molar-refractivity contribution in [3.63, 3.8) is 0 Å². The van der Waals surface area contributed by atoms with Crippen LogP contribution in [0.25, 0.3) is 0 Å². The highest BCUT2D eigenvalue weighted by atomic mass is 32.2. The lowest BCUT2D eigenvalue weighted by Gasteiger charge is -2.26. The first-order valence-electron chi connectivity index (χ1n) is 10.6. The Kier molecular flexibility index (Phi) is 7.46. The van der Waals surface area contributed by atoms with Crippen LogP contribution >= 0.6 is 0 Å². The smallest absolute Gasteiger partial charge is 0.254 e. The molecule has 0 bridgehead atoms. The first-order chi connectivity index (χ1) is 14.8. The first kappa shape index (κ1) is 23.0. The van der Waals surface area contributed by atoms with Crippen molar-refractivity contribution in [2.75, 3.05) is 32.0 Å². The fourth-order valence-corrected chi connectivity index (χ4v) is 5.19. The molecular formula is C23H29N3O4S. The maximum Gasteiger partial charge on any atom is 0.254 e. The summed E-state index contributed by atoms with van der Waals surface area (Å²) in [7, 11) is -1.99. The van der Waals surface area contributed by atoms with Gasteiger partial charge >= 0.3 is 0 Å². The van der Waals surface area contributed by atoms with Gasteiger partial charge in [0.25, 0.3) is 5.91 Å². The molecule has 1 fully saturated rings. The Morgan fingerprint density at radius 3 is 2.29 bits per heavy atom. The lowest BCUT2D eigenvalue weighted by atomic mass is 10.1. The second-order valence-electron chi connectivity index (χ2n) is 7.71. The first-order valence-corrected chi connectivity index (χ1v) is 12.0. The summed E-state index contributed by atoms with van der Waals surface area (Å²) in [5.74, 6) is -0.637. The molecule has 166 valence electrons. The number of amides is 2. The van der Waals surface area contributed by atoms with Gasteiger partial charge in [-0.15, -0.1) is 0 Å². The maximum absolute atomic E-state index is 12.8. The summed E-state index contributed by atoms with van der Waals surface area (Å²) >= 11 is 0. The zero-order valence-electron chi connectivity index (χ0n) is 18.0. The minimum absolute atomic E-state index is 0.106. The lowest BCUT2D eigenvalue weighted by Crippen LogP contribution is -2.36. The zero-order valence-corrected chi connectivity index (χ0v) is 18.8. The molecule has 1 heterocycles. The third-order valence-corrected chi connectivity index (χ3v) is 7.37. The number of rotatable bonds is 7. The molecule has 0 atom stereocenters. The summed E-state index contributed by atoms with van der Waals surface area (Å²) in [5, 5.41) is 2.85. The van der Waals surface area contributed by atoms with Crippen molar-refractivity contribution < 1.29 is 18.0 Å². The van der Waals surface area contributed by atoms with E-state index in [1.807, 2.05) is 31.2 Å². The number of para-hydroxylation sites is 1. The summed E-state index contributed by atoms with van der Waals surface area (Å²) in [5.41, 5.74) is 2.10. The normalized spacial score (nSPS) is 14.8. The number of piperidine rings is 1. The van der Waals surface area contributed by atoms with E-state index in [0.717, 1.165) is 36.9 Å². The van der Waals surface area contributed by atoms with Crippen molar-refractivity contribution in [3.05, 3.63) is 59.7 Å². The van der Waals surface area contributed by atoms with Crippen LogP contribution in [0.3, 0.4) is 0 Å². The van der Waals surface area contributed by atoms with E-state index in [2.05, 4.69) is 5.32 Å². The number of sulfonamides is 1. The molecule has 2 aromatic carbocycles. The SMILES string of the molecule is CCc1ccccc1NC(=O)CN(C)C(=O)c1ccc(S(=O)(=O)N2CCCCC2)cc1. The number of carbonyl (C=O) groups is 2. The van der Waals surface area contributed by atoms with Crippen molar-refractivity contribution in [3.8, 4) is 0 Å². The fraction of sp³-hybridized carbons (Fsp3) is 0.391. The van der Waals surface area contributed by atoms with Crippen LogP contribution in [0.5, 0.6) is 0 Å². The summed E-state index contributed by atoms with van der Waals surface area (Å²) in [4.78, 5) is 26.6. The molecule has 1 N–H and O–H groups in total. The quantitative estimate of drug-likeness (QED) is 0.712. The highest BCUT2D eigenvalue weighted by Gasteiger charge is 2.26. The van der Waals surface area contributed by atoms with E-state index >= 15 is 0 Å². The van der Waals surface area contributed by atoms with Gasteiger partial charge in [-0.25, -0.2) is 8.42 Å². The molecule has 3 rings (SSSR count). The van der Waals surface area contributed by atoms with Gasteiger partial charge in [0.15, 0.2) is 0 Å². The standard InChI is InChI=1S/C23H29N3O4S/c1-3-18-9-5-6-10-21(18)24-22(27)17-25(2)23(28)19-11-13-20(14-12-19)31(29,30)26-15-7-4-8-16-26/h5-6,9-14H,3-4,7-8,15-17H2,1-2H3,(H,24,27). The highest BCUT2D eigenvalue weighted by molar-refractivity contribution is 7.89. The molecule has 0 spiro atoms. The largest absolute Gasteiger partial charge is 0.332 e. The number of hydrogen-bond donors (Lipinski definition) is 1. The van der Waals surface area contributed by atoms with Crippen LogP contribution in [0.2, 0.25) is 0 Å². The van der Waals surface area contributed by atoms with Gasteiger partial charge in [0.1, 0.15) is 0 Å². The molecule has 1 aliphatic heterocycles. The minimum Gasteiger partial charge on any atom is -0.332 e. The molecule has 0 aromatic heterocycles. The van der Waals surface area contributed by atoms with E-state index in [4.69, 9.17) is 0 Å². The molecule has 31 heavy (non-hydrogen) atoms. The van der Waals surface area contributed by atoms with Crippen LogP contribution in [0.4, 0.5) is 5.69 Å². The molecule has 0 unspecified atom stereocenters. The second kappa shape index (κ2) is 10.1. The molecule has 0 aliphatic carbocycles. The zero-order chi connectivity index (χ0) is 22.4. The second-order valence-corrected chi connectivity index (χ2v) is 9.65. The van der Waals surface area contributed by atoms with E-state index in [1.165, 1.54) is 33.5 Å². The number of likely N-dealkylation sites (N-methyl/N-ethyl adjacent to an activating group) is 1. The van der Waals surface area contributed by atoms with Crippen LogP contribution in [-0.2, 0) is 21.2 Å². The molecule has 7 nitrogen and oxygen atoms in total. The van der Waals surface area contributed by atoms with Crippen LogP contribution in [0, 0.1) is 0 Å². The summed E-state index contributed by atoms with van der Waals surface area (Å²) < 4.78 is 27.0. The van der Waals surface area contributed by atoms with Gasteiger partial charge in [0.05, 0.1) is 11.4 Å². The van der Waals surface area contributed by atoms with E-state index in [-0.39, 0.29) is 23.3 Å². The Bertz CT molecular complexity index is 1030. The van der Waals surface area contributed by atoms with E-state index < -0.39 is 10.0 Å². The number of nitrogens with one attached hydrogen (secondary N) is 1. The Morgan fingerprint density at radius 1 is 1.00 bits per heavy atom. The molecule has 2 aromatic rings. The summed E-state index contributed by atoms with van der Waals surface area (Å²) in [6, 6.07) is 13.5. The molecule has 0 radical (unpaired) electrons. The van der Waals surface area contributed by atoms with E-state index in [9.17, 15) is 18.0 Å². The average molecular weight is 444 g/mol. The Balaban J connectivity index is 1.63. The number of anilines is 1. The third kappa shape index (κ3) is 5.51. The average Bonchev–Trinajstić information content (AvgIpc) is 2.79. The molecule has 1 saturated heterocycles. The van der Waals surface area contributed by atoms with Crippen LogP contribution in [-0.4, -0.2) is 56.1 Å². The van der Waals surface area contributed by atoms with E-state index in [0.29, 0.717) is 18.7 Å². The lowest BCUT2D eigenvalue weighted by molar-refractivity contribution is -0.116. The van der Waals surface area contributed by atoms with Crippen LogP contribution < -0.4 is 5.32 Å². The Hall–Kier alpha value is -2.71. The van der Waals surface area contributed by atoms with Gasteiger partial charge < -0.3 is 10.2 Å². The van der Waals surface area contributed by atoms with Gasteiger partial charge in [0.2, 0.25) is 15.9 Å². The van der Waals surface area contributed by atoms with E-state index in [1.54, 1.807) is 7.05 Å². The highest BCUT2D eigenvalue weighted by Crippen LogP contribution is 2.21. The van der Waals surface area contributed by atoms with Gasteiger partial charge in [-0.3, -0.25) is 9.59 Å². The van der Waals surface area contributed by atoms with Crippen molar-refractivity contribution in [1.29, 1.82) is 0 Å². The van der Waals surface area contributed by atoms with Gasteiger partial charge in [-0.1, -0.05) is 31.5 Å². The molecule has 1 aliphatic rings. The fourth-order valence-electron chi connectivity index (χ4n) is 3.67. The number of aryl methyl sites for hydroxylation is 1. The van der Waals surface area contributed by atoms with Gasteiger partial charge in [-0.2, -0.15) is 4.31 Å². The summed E-state index contributed by atoms with van der Waals surface area (Å²) in [6.07, 6.45) is 3.57. The Morgan fingerprint density at radius 2 is 1.65 bits per heavy atom. The third-order valence-electron chi connectivity index (χ3n) is 5.45. The number of nitrogens with zero attached hydrogens (tertiary/aromatic N) is 2. The predicted molar refractivity (Wildman–Crippen MR) is 120 cm³/mol. The van der Waals surface area contributed by atoms with Crippen molar-refractivity contribution in [2.24, 2.45) is 0 Å². The number of carbonyl (C=O) groups excluding carboxylic acids is 2. The van der Waals surface area contributed by atoms with Gasteiger partial charge in [-0.05, 0) is 55.2 Å². The minimum atomic E-state index is -3.54. The number of benzene rings is 2.